The van der Waals surface area contributed by atoms with Gasteiger partial charge in [-0.15, -0.1) is 0 Å². The standard InChI is InChI=1S/C18H13ClF3N3O/c1-11-3-2-4-13(7-11)24-10-12(9-23)17(26)25-14-5-6-16(19)15(8-14)18(20,21)22/h2-8,10,24H,1H3,(H,25,26)/b12-10-. The molecule has 134 valence electrons. The number of aryl methyl sites for hydroxylation is 1. The van der Waals surface area contributed by atoms with Gasteiger partial charge in [-0.05, 0) is 42.8 Å². The number of nitrogens with one attached hydrogen (secondary N) is 2. The van der Waals surface area contributed by atoms with E-state index in [0.717, 1.165) is 11.6 Å². The number of halogens is 4. The van der Waals surface area contributed by atoms with Gasteiger partial charge in [0.1, 0.15) is 11.6 Å². The fraction of sp³-hybridized carbons (Fsp3) is 0.111. The fourth-order valence-electron chi connectivity index (χ4n) is 2.06. The summed E-state index contributed by atoms with van der Waals surface area (Å²) in [5.74, 6) is -0.844. The van der Waals surface area contributed by atoms with Gasteiger partial charge >= 0.3 is 6.18 Å². The summed E-state index contributed by atoms with van der Waals surface area (Å²) < 4.78 is 38.6. The van der Waals surface area contributed by atoms with Crippen LogP contribution in [0.4, 0.5) is 24.5 Å². The second kappa shape index (κ2) is 7.93. The Morgan fingerprint density at radius 2 is 1.92 bits per heavy atom. The summed E-state index contributed by atoms with van der Waals surface area (Å²) in [5.41, 5.74) is 0.152. The molecule has 8 heteroatoms. The first-order valence-electron chi connectivity index (χ1n) is 7.32. The lowest BCUT2D eigenvalue weighted by Crippen LogP contribution is -2.15. The third-order valence-electron chi connectivity index (χ3n) is 3.30. The lowest BCUT2D eigenvalue weighted by molar-refractivity contribution is -0.137. The van der Waals surface area contributed by atoms with Crippen molar-refractivity contribution in [3.8, 4) is 6.07 Å². The van der Waals surface area contributed by atoms with Gasteiger partial charge in [0, 0.05) is 17.6 Å². The van der Waals surface area contributed by atoms with Gasteiger partial charge in [0.2, 0.25) is 0 Å². The maximum absolute atomic E-state index is 12.9. The summed E-state index contributed by atoms with van der Waals surface area (Å²) in [4.78, 5) is 12.1. The van der Waals surface area contributed by atoms with Crippen LogP contribution in [0.15, 0.2) is 54.2 Å². The van der Waals surface area contributed by atoms with Gasteiger partial charge in [0.05, 0.1) is 10.6 Å². The van der Waals surface area contributed by atoms with Crippen LogP contribution in [-0.4, -0.2) is 5.91 Å². The van der Waals surface area contributed by atoms with Crippen molar-refractivity contribution in [1.29, 1.82) is 5.26 Å². The van der Waals surface area contributed by atoms with Crippen molar-refractivity contribution >= 4 is 28.9 Å². The number of rotatable bonds is 4. The molecule has 0 unspecified atom stereocenters. The number of amides is 1. The predicted molar refractivity (Wildman–Crippen MR) is 93.6 cm³/mol. The van der Waals surface area contributed by atoms with Crippen molar-refractivity contribution in [3.05, 3.63) is 70.4 Å². The zero-order valence-corrected chi connectivity index (χ0v) is 14.2. The molecule has 2 aromatic rings. The van der Waals surface area contributed by atoms with Crippen molar-refractivity contribution in [1.82, 2.24) is 0 Å². The Morgan fingerprint density at radius 3 is 2.54 bits per heavy atom. The van der Waals surface area contributed by atoms with Gasteiger partial charge < -0.3 is 10.6 Å². The molecule has 0 fully saturated rings. The first-order chi connectivity index (χ1) is 12.2. The highest BCUT2D eigenvalue weighted by Gasteiger charge is 2.33. The molecule has 4 nitrogen and oxygen atoms in total. The van der Waals surface area contributed by atoms with Crippen molar-refractivity contribution in [2.24, 2.45) is 0 Å². The molecule has 26 heavy (non-hydrogen) atoms. The van der Waals surface area contributed by atoms with Crippen LogP contribution in [-0.2, 0) is 11.0 Å². The Balaban J connectivity index is 2.17. The van der Waals surface area contributed by atoms with E-state index in [1.807, 2.05) is 13.0 Å². The molecule has 0 aliphatic carbocycles. The summed E-state index contributed by atoms with van der Waals surface area (Å²) in [6.45, 7) is 1.88. The molecular formula is C18H13ClF3N3O. The zero-order valence-electron chi connectivity index (χ0n) is 13.5. The van der Waals surface area contributed by atoms with Crippen LogP contribution < -0.4 is 10.6 Å². The van der Waals surface area contributed by atoms with Crippen LogP contribution in [0, 0.1) is 18.3 Å². The van der Waals surface area contributed by atoms with Gasteiger partial charge in [0.15, 0.2) is 0 Å². The highest BCUT2D eigenvalue weighted by Crippen LogP contribution is 2.36. The van der Waals surface area contributed by atoms with Crippen LogP contribution >= 0.6 is 11.6 Å². The zero-order chi connectivity index (χ0) is 19.3. The predicted octanol–water partition coefficient (Wildman–Crippen LogP) is 5.13. The van der Waals surface area contributed by atoms with E-state index < -0.39 is 22.7 Å². The molecule has 0 radical (unpaired) electrons. The highest BCUT2D eigenvalue weighted by atomic mass is 35.5. The fourth-order valence-corrected chi connectivity index (χ4v) is 2.28. The molecule has 0 aliphatic heterocycles. The van der Waals surface area contributed by atoms with Crippen LogP contribution in [0.1, 0.15) is 11.1 Å². The number of hydrogen-bond donors (Lipinski definition) is 2. The molecule has 0 aromatic heterocycles. The van der Waals surface area contributed by atoms with Gasteiger partial charge in [-0.2, -0.15) is 18.4 Å². The second-order valence-electron chi connectivity index (χ2n) is 5.33. The molecule has 2 rings (SSSR count). The Hall–Kier alpha value is -2.98. The minimum atomic E-state index is -4.65. The Labute approximate surface area is 152 Å². The van der Waals surface area contributed by atoms with Crippen molar-refractivity contribution in [3.63, 3.8) is 0 Å². The number of benzene rings is 2. The van der Waals surface area contributed by atoms with E-state index in [-0.39, 0.29) is 11.3 Å². The summed E-state index contributed by atoms with van der Waals surface area (Å²) in [6, 6.07) is 11.9. The smallest absolute Gasteiger partial charge is 0.360 e. The molecule has 0 aliphatic rings. The number of carbonyl (C=O) groups is 1. The molecule has 1 amide bonds. The number of hydrogen-bond acceptors (Lipinski definition) is 3. The summed E-state index contributed by atoms with van der Waals surface area (Å²) in [6.07, 6.45) is -3.47. The first kappa shape index (κ1) is 19.3. The van der Waals surface area contributed by atoms with Crippen molar-refractivity contribution in [2.75, 3.05) is 10.6 Å². The molecule has 2 N–H and O–H groups in total. The van der Waals surface area contributed by atoms with Crippen LogP contribution in [0.3, 0.4) is 0 Å². The molecular weight excluding hydrogens is 367 g/mol. The van der Waals surface area contributed by atoms with Gasteiger partial charge in [-0.25, -0.2) is 0 Å². The number of anilines is 2. The van der Waals surface area contributed by atoms with Gasteiger partial charge in [0.25, 0.3) is 5.91 Å². The van der Waals surface area contributed by atoms with Crippen molar-refractivity contribution in [2.45, 2.75) is 13.1 Å². The summed E-state index contributed by atoms with van der Waals surface area (Å²) in [7, 11) is 0. The van der Waals surface area contributed by atoms with Gasteiger partial charge in [-0.1, -0.05) is 23.7 Å². The van der Waals surface area contributed by atoms with Crippen LogP contribution in [0.2, 0.25) is 5.02 Å². The van der Waals surface area contributed by atoms with E-state index in [2.05, 4.69) is 10.6 Å². The molecule has 2 aromatic carbocycles. The molecule has 0 spiro atoms. The molecule has 0 heterocycles. The van der Waals surface area contributed by atoms with Gasteiger partial charge in [-0.3, -0.25) is 4.79 Å². The Kier molecular flexibility index (Phi) is 5.90. The Morgan fingerprint density at radius 1 is 1.19 bits per heavy atom. The number of alkyl halides is 3. The van der Waals surface area contributed by atoms with E-state index in [4.69, 9.17) is 16.9 Å². The monoisotopic (exact) mass is 379 g/mol. The number of carbonyl (C=O) groups excluding carboxylic acids is 1. The van der Waals surface area contributed by atoms with E-state index >= 15 is 0 Å². The average molecular weight is 380 g/mol. The third kappa shape index (κ3) is 5.01. The lowest BCUT2D eigenvalue weighted by Gasteiger charge is -2.11. The van der Waals surface area contributed by atoms with E-state index in [1.54, 1.807) is 24.3 Å². The quantitative estimate of drug-likeness (QED) is 0.572. The lowest BCUT2D eigenvalue weighted by atomic mass is 10.2. The van der Waals surface area contributed by atoms with Crippen molar-refractivity contribution < 1.29 is 18.0 Å². The number of nitriles is 1. The van der Waals surface area contributed by atoms with E-state index in [1.165, 1.54) is 12.3 Å². The first-order valence-corrected chi connectivity index (χ1v) is 7.70. The largest absolute Gasteiger partial charge is 0.417 e. The van der Waals surface area contributed by atoms with E-state index in [0.29, 0.717) is 11.8 Å². The second-order valence-corrected chi connectivity index (χ2v) is 5.74. The van der Waals surface area contributed by atoms with Crippen LogP contribution in [0.25, 0.3) is 0 Å². The van der Waals surface area contributed by atoms with Crippen LogP contribution in [0.5, 0.6) is 0 Å². The topological polar surface area (TPSA) is 64.9 Å². The summed E-state index contributed by atoms with van der Waals surface area (Å²) >= 11 is 5.53. The average Bonchev–Trinajstić information content (AvgIpc) is 2.56. The third-order valence-corrected chi connectivity index (χ3v) is 3.63. The van der Waals surface area contributed by atoms with E-state index in [9.17, 15) is 18.0 Å². The maximum Gasteiger partial charge on any atom is 0.417 e. The summed E-state index contributed by atoms with van der Waals surface area (Å²) in [5, 5.41) is 13.7. The molecule has 0 atom stereocenters. The molecule has 0 saturated carbocycles. The minimum Gasteiger partial charge on any atom is -0.360 e. The maximum atomic E-state index is 12.9. The molecule has 0 saturated heterocycles. The molecule has 0 bridgehead atoms. The Bertz CT molecular complexity index is 901. The minimum absolute atomic E-state index is 0.122. The highest BCUT2D eigenvalue weighted by molar-refractivity contribution is 6.31. The SMILES string of the molecule is Cc1cccc(N/C=C(/C#N)C(=O)Nc2ccc(Cl)c(C(F)(F)F)c2)c1. The number of nitrogens with zero attached hydrogens (tertiary/aromatic N) is 1. The normalized spacial score (nSPS) is 11.6.